The number of carbonyl (C=O) groups is 2. The fraction of sp³-hybridized carbons (Fsp3) is 0.333. The lowest BCUT2D eigenvalue weighted by molar-refractivity contribution is -0.131. The summed E-state index contributed by atoms with van der Waals surface area (Å²) in [5.41, 5.74) is 0.621. The Balaban J connectivity index is 1.59. The number of ether oxygens (including phenoxy) is 2. The summed E-state index contributed by atoms with van der Waals surface area (Å²) < 4.78 is 37.3. The fourth-order valence-electron chi connectivity index (χ4n) is 3.27. The van der Waals surface area contributed by atoms with Gasteiger partial charge in [0.2, 0.25) is 5.91 Å². The minimum atomic E-state index is -0.887. The molecule has 0 unspecified atom stereocenters. The van der Waals surface area contributed by atoms with Gasteiger partial charge >= 0.3 is 0 Å². The first-order valence-corrected chi connectivity index (χ1v) is 9.16. The lowest BCUT2D eigenvalue weighted by Crippen LogP contribution is -2.51. The second-order valence-electron chi connectivity index (χ2n) is 6.66. The highest BCUT2D eigenvalue weighted by Gasteiger charge is 2.26. The van der Waals surface area contributed by atoms with Gasteiger partial charge in [-0.2, -0.15) is 0 Å². The smallest absolute Gasteiger partial charge is 0.256 e. The van der Waals surface area contributed by atoms with Crippen molar-refractivity contribution in [1.29, 1.82) is 0 Å². The van der Waals surface area contributed by atoms with Crippen molar-refractivity contribution in [2.75, 3.05) is 40.4 Å². The van der Waals surface area contributed by atoms with Gasteiger partial charge in [-0.1, -0.05) is 6.07 Å². The Morgan fingerprint density at radius 3 is 2.17 bits per heavy atom. The summed E-state index contributed by atoms with van der Waals surface area (Å²) in [4.78, 5) is 28.2. The SMILES string of the molecule is COc1ccc(CC(=O)N2CCN(C(=O)c3ccc(F)cc3F)CC2)cc1OC. The second-order valence-corrected chi connectivity index (χ2v) is 6.66. The van der Waals surface area contributed by atoms with E-state index >= 15 is 0 Å². The predicted octanol–water partition coefficient (Wildman–Crippen LogP) is 2.51. The first kappa shape index (κ1) is 20.6. The van der Waals surface area contributed by atoms with E-state index in [2.05, 4.69) is 0 Å². The Hall–Kier alpha value is -3.16. The monoisotopic (exact) mass is 404 g/mol. The zero-order valence-electron chi connectivity index (χ0n) is 16.3. The van der Waals surface area contributed by atoms with Gasteiger partial charge in [0.15, 0.2) is 11.5 Å². The van der Waals surface area contributed by atoms with Crippen LogP contribution in [0.2, 0.25) is 0 Å². The number of piperazine rings is 1. The predicted molar refractivity (Wildman–Crippen MR) is 102 cm³/mol. The van der Waals surface area contributed by atoms with Crippen molar-refractivity contribution < 1.29 is 27.8 Å². The third-order valence-electron chi connectivity index (χ3n) is 4.88. The molecule has 1 aliphatic heterocycles. The molecule has 0 aliphatic carbocycles. The number of rotatable bonds is 5. The summed E-state index contributed by atoms with van der Waals surface area (Å²) in [6.07, 6.45) is 0.195. The van der Waals surface area contributed by atoms with Crippen molar-refractivity contribution in [3.8, 4) is 11.5 Å². The zero-order valence-corrected chi connectivity index (χ0v) is 16.3. The molecule has 2 aromatic carbocycles. The maximum absolute atomic E-state index is 13.8. The summed E-state index contributed by atoms with van der Waals surface area (Å²) in [7, 11) is 3.07. The third-order valence-corrected chi connectivity index (χ3v) is 4.88. The highest BCUT2D eigenvalue weighted by molar-refractivity contribution is 5.94. The van der Waals surface area contributed by atoms with E-state index in [0.29, 0.717) is 30.7 Å². The molecular weight excluding hydrogens is 382 g/mol. The molecule has 0 bridgehead atoms. The molecule has 1 saturated heterocycles. The van der Waals surface area contributed by atoms with Crippen LogP contribution in [0, 0.1) is 11.6 Å². The van der Waals surface area contributed by atoms with Crippen molar-refractivity contribution in [2.45, 2.75) is 6.42 Å². The molecule has 6 nitrogen and oxygen atoms in total. The number of hydrogen-bond donors (Lipinski definition) is 0. The molecule has 2 amide bonds. The van der Waals surface area contributed by atoms with Crippen LogP contribution in [0.15, 0.2) is 36.4 Å². The third kappa shape index (κ3) is 4.64. The maximum Gasteiger partial charge on any atom is 0.256 e. The van der Waals surface area contributed by atoms with Gasteiger partial charge in [-0.25, -0.2) is 8.78 Å². The molecule has 3 rings (SSSR count). The molecule has 1 fully saturated rings. The van der Waals surface area contributed by atoms with Crippen molar-refractivity contribution in [3.63, 3.8) is 0 Å². The van der Waals surface area contributed by atoms with E-state index < -0.39 is 17.5 Å². The largest absolute Gasteiger partial charge is 0.493 e. The molecule has 29 heavy (non-hydrogen) atoms. The average Bonchev–Trinajstić information content (AvgIpc) is 2.73. The van der Waals surface area contributed by atoms with E-state index in [1.54, 1.807) is 30.2 Å². The summed E-state index contributed by atoms with van der Waals surface area (Å²) in [6.45, 7) is 1.27. The molecular formula is C21H22F2N2O4. The molecule has 0 saturated carbocycles. The second kappa shape index (κ2) is 8.89. The first-order chi connectivity index (χ1) is 13.9. The number of carbonyl (C=O) groups excluding carboxylic acids is 2. The molecule has 154 valence electrons. The average molecular weight is 404 g/mol. The van der Waals surface area contributed by atoms with E-state index in [4.69, 9.17) is 9.47 Å². The summed E-state index contributed by atoms with van der Waals surface area (Å²) >= 11 is 0. The lowest BCUT2D eigenvalue weighted by Gasteiger charge is -2.35. The molecule has 0 atom stereocenters. The van der Waals surface area contributed by atoms with Crippen LogP contribution in [0.4, 0.5) is 8.78 Å². The molecule has 0 aromatic heterocycles. The van der Waals surface area contributed by atoms with E-state index in [1.807, 2.05) is 0 Å². The Morgan fingerprint density at radius 1 is 0.897 bits per heavy atom. The van der Waals surface area contributed by atoms with Gasteiger partial charge in [0.05, 0.1) is 26.2 Å². The van der Waals surface area contributed by atoms with E-state index in [1.165, 1.54) is 12.0 Å². The van der Waals surface area contributed by atoms with Gasteiger partial charge < -0.3 is 19.3 Å². The molecule has 1 heterocycles. The van der Waals surface area contributed by atoms with Crippen molar-refractivity contribution in [1.82, 2.24) is 9.80 Å². The number of nitrogens with zero attached hydrogens (tertiary/aromatic N) is 2. The molecule has 2 aromatic rings. The number of amides is 2. The molecule has 0 radical (unpaired) electrons. The molecule has 0 spiro atoms. The minimum absolute atomic E-state index is 0.0720. The van der Waals surface area contributed by atoms with Crippen LogP contribution in [-0.4, -0.2) is 62.0 Å². The standard InChI is InChI=1S/C21H22F2N2O4/c1-28-18-6-3-14(11-19(18)29-2)12-20(26)24-7-9-25(10-8-24)21(27)16-5-4-15(22)13-17(16)23/h3-6,11,13H,7-10,12H2,1-2H3. The van der Waals surface area contributed by atoms with Gasteiger partial charge in [0, 0.05) is 32.2 Å². The van der Waals surface area contributed by atoms with Crippen molar-refractivity contribution >= 4 is 11.8 Å². The van der Waals surface area contributed by atoms with Gasteiger partial charge in [-0.05, 0) is 29.8 Å². The normalized spacial score (nSPS) is 13.9. The van der Waals surface area contributed by atoms with Crippen LogP contribution < -0.4 is 9.47 Å². The molecule has 8 heteroatoms. The van der Waals surface area contributed by atoms with E-state index in [9.17, 15) is 18.4 Å². The Kier molecular flexibility index (Phi) is 6.31. The topological polar surface area (TPSA) is 59.1 Å². The Morgan fingerprint density at radius 2 is 1.55 bits per heavy atom. The van der Waals surface area contributed by atoms with Gasteiger partial charge in [-0.15, -0.1) is 0 Å². The number of methoxy groups -OCH3 is 2. The van der Waals surface area contributed by atoms with Gasteiger partial charge in [0.1, 0.15) is 11.6 Å². The highest BCUT2D eigenvalue weighted by Crippen LogP contribution is 2.28. The van der Waals surface area contributed by atoms with Gasteiger partial charge in [0.25, 0.3) is 5.91 Å². The Labute approximate surface area is 167 Å². The number of benzene rings is 2. The van der Waals surface area contributed by atoms with Crippen LogP contribution >= 0.6 is 0 Å². The van der Waals surface area contributed by atoms with Crippen LogP contribution in [-0.2, 0) is 11.2 Å². The number of hydrogen-bond acceptors (Lipinski definition) is 4. The minimum Gasteiger partial charge on any atom is -0.493 e. The molecule has 1 aliphatic rings. The van der Waals surface area contributed by atoms with Crippen LogP contribution in [0.3, 0.4) is 0 Å². The van der Waals surface area contributed by atoms with Crippen LogP contribution in [0.25, 0.3) is 0 Å². The summed E-state index contributed by atoms with van der Waals surface area (Å²) in [5, 5.41) is 0. The fourth-order valence-corrected chi connectivity index (χ4v) is 3.27. The summed E-state index contributed by atoms with van der Waals surface area (Å²) in [5.74, 6) is -1.06. The van der Waals surface area contributed by atoms with E-state index in [0.717, 1.165) is 17.7 Å². The van der Waals surface area contributed by atoms with Crippen molar-refractivity contribution in [3.05, 3.63) is 59.2 Å². The van der Waals surface area contributed by atoms with Crippen LogP contribution in [0.5, 0.6) is 11.5 Å². The first-order valence-electron chi connectivity index (χ1n) is 9.16. The highest BCUT2D eigenvalue weighted by atomic mass is 19.1. The van der Waals surface area contributed by atoms with E-state index in [-0.39, 0.29) is 31.0 Å². The zero-order chi connectivity index (χ0) is 21.0. The molecule has 0 N–H and O–H groups in total. The number of halogens is 2. The van der Waals surface area contributed by atoms with Gasteiger partial charge in [-0.3, -0.25) is 9.59 Å². The Bertz CT molecular complexity index is 912. The quantitative estimate of drug-likeness (QED) is 0.769. The lowest BCUT2D eigenvalue weighted by atomic mass is 10.1. The summed E-state index contributed by atoms with van der Waals surface area (Å²) in [6, 6.07) is 8.19. The van der Waals surface area contributed by atoms with Crippen LogP contribution in [0.1, 0.15) is 15.9 Å². The van der Waals surface area contributed by atoms with Crippen molar-refractivity contribution in [2.24, 2.45) is 0 Å². The maximum atomic E-state index is 13.8.